The van der Waals surface area contributed by atoms with E-state index in [1.165, 1.54) is 32.4 Å². The van der Waals surface area contributed by atoms with Crippen molar-refractivity contribution in [2.24, 2.45) is 0 Å². The van der Waals surface area contributed by atoms with Gasteiger partial charge in [0.15, 0.2) is 0 Å². The lowest BCUT2D eigenvalue weighted by atomic mass is 9.92. The van der Waals surface area contributed by atoms with Crippen molar-refractivity contribution in [3.8, 4) is 11.1 Å². The average Bonchev–Trinajstić information content (AvgIpc) is 2.64. The van der Waals surface area contributed by atoms with Crippen molar-refractivity contribution in [1.29, 1.82) is 0 Å². The minimum Gasteiger partial charge on any atom is -0.478 e. The summed E-state index contributed by atoms with van der Waals surface area (Å²) in [6.45, 7) is 9.03. The van der Waals surface area contributed by atoms with Crippen LogP contribution in [0.15, 0.2) is 41.5 Å². The van der Waals surface area contributed by atoms with E-state index in [1.54, 1.807) is 12.1 Å². The predicted molar refractivity (Wildman–Crippen MR) is 110 cm³/mol. The molecule has 0 atom stereocenters. The summed E-state index contributed by atoms with van der Waals surface area (Å²) in [6.07, 6.45) is 3.23. The fourth-order valence-electron chi connectivity index (χ4n) is 2.87. The van der Waals surface area contributed by atoms with E-state index in [9.17, 15) is 9.18 Å². The molecule has 0 saturated heterocycles. The van der Waals surface area contributed by atoms with Gasteiger partial charge in [-0.1, -0.05) is 23.8 Å². The van der Waals surface area contributed by atoms with Crippen LogP contribution in [0.4, 0.5) is 14.5 Å². The molecule has 2 rings (SSSR count). The molecule has 0 radical (unpaired) electrons. The van der Waals surface area contributed by atoms with E-state index < -0.39 is 17.6 Å². The second-order valence-corrected chi connectivity index (χ2v) is 7.04. The van der Waals surface area contributed by atoms with E-state index in [2.05, 4.69) is 11.4 Å². The summed E-state index contributed by atoms with van der Waals surface area (Å²) in [4.78, 5) is 11.0. The zero-order valence-corrected chi connectivity index (χ0v) is 16.8. The number of carboxylic acid groups (broad SMARTS) is 1. The Labute approximate surface area is 164 Å². The highest BCUT2D eigenvalue weighted by Crippen LogP contribution is 2.34. The number of halogens is 2. The topological polar surface area (TPSA) is 49.3 Å². The first kappa shape index (κ1) is 21.4. The minimum atomic E-state index is -1.17. The first-order valence-corrected chi connectivity index (χ1v) is 9.00. The highest BCUT2D eigenvalue weighted by molar-refractivity contribution is 5.92. The van der Waals surface area contributed by atoms with Gasteiger partial charge in [0, 0.05) is 28.9 Å². The van der Waals surface area contributed by atoms with Crippen molar-refractivity contribution in [1.82, 2.24) is 0 Å². The Morgan fingerprint density at radius 1 is 1.04 bits per heavy atom. The molecule has 3 nitrogen and oxygen atoms in total. The van der Waals surface area contributed by atoms with Gasteiger partial charge in [-0.15, -0.1) is 0 Å². The largest absolute Gasteiger partial charge is 0.478 e. The summed E-state index contributed by atoms with van der Waals surface area (Å²) < 4.78 is 30.0. The molecule has 0 spiro atoms. The molecule has 2 aromatic carbocycles. The predicted octanol–water partition coefficient (Wildman–Crippen LogP) is 6.11. The lowest BCUT2D eigenvalue weighted by Gasteiger charge is -2.15. The number of carbonyl (C=O) groups is 1. The monoisotopic (exact) mass is 385 g/mol. The van der Waals surface area contributed by atoms with E-state index in [4.69, 9.17) is 5.11 Å². The van der Waals surface area contributed by atoms with Crippen molar-refractivity contribution in [2.75, 3.05) is 11.9 Å². The van der Waals surface area contributed by atoms with Gasteiger partial charge in [-0.05, 0) is 69.5 Å². The van der Waals surface area contributed by atoms with Gasteiger partial charge in [0.2, 0.25) is 0 Å². The number of allylic oxidation sites excluding steroid dienone is 1. The van der Waals surface area contributed by atoms with Crippen LogP contribution in [0.3, 0.4) is 0 Å². The second kappa shape index (κ2) is 8.83. The molecule has 2 aromatic rings. The number of nitrogens with one attached hydrogen (secondary N) is 1. The summed E-state index contributed by atoms with van der Waals surface area (Å²) in [5.41, 5.74) is 3.00. The molecule has 0 amide bonds. The lowest BCUT2D eigenvalue weighted by molar-refractivity contribution is -0.132. The summed E-state index contributed by atoms with van der Waals surface area (Å²) in [5.74, 6) is -2.33. The Hall–Kier alpha value is -2.95. The third-order valence-corrected chi connectivity index (χ3v) is 4.58. The Balaban J connectivity index is 2.46. The van der Waals surface area contributed by atoms with Crippen molar-refractivity contribution < 1.29 is 18.7 Å². The first-order chi connectivity index (χ1) is 13.1. The number of anilines is 1. The highest BCUT2D eigenvalue weighted by Gasteiger charge is 2.20. The highest BCUT2D eigenvalue weighted by atomic mass is 19.1. The molecule has 0 heterocycles. The second-order valence-electron chi connectivity index (χ2n) is 7.04. The zero-order valence-electron chi connectivity index (χ0n) is 16.8. The summed E-state index contributed by atoms with van der Waals surface area (Å²) in [6, 6.07) is 7.13. The number of benzene rings is 2. The maximum Gasteiger partial charge on any atom is 0.331 e. The maximum absolute atomic E-state index is 15.1. The smallest absolute Gasteiger partial charge is 0.331 e. The van der Waals surface area contributed by atoms with Crippen LogP contribution in [0.25, 0.3) is 17.2 Å². The standard InChI is InChI=1S/C23H25F2NO2/c1-13(2)10-11-26-18-8-6-17(7-9-18)20-16(5)21(24)19(15(4)22(20)25)12-14(3)23(27)28/h6-10,12,26H,11H2,1-5H3,(H,27,28). The number of aliphatic carboxylic acids is 1. The molecule has 0 aliphatic carbocycles. The molecule has 5 heteroatoms. The molecule has 148 valence electrons. The van der Waals surface area contributed by atoms with Crippen molar-refractivity contribution in [3.05, 3.63) is 69.8 Å². The number of rotatable bonds is 6. The molecule has 2 N–H and O–H groups in total. The number of hydrogen-bond acceptors (Lipinski definition) is 2. The van der Waals surface area contributed by atoms with Gasteiger partial charge in [-0.3, -0.25) is 0 Å². The fraction of sp³-hybridized carbons (Fsp3) is 0.261. The van der Waals surface area contributed by atoms with Gasteiger partial charge in [-0.25, -0.2) is 13.6 Å². The molecule has 0 fully saturated rings. The van der Waals surface area contributed by atoms with Gasteiger partial charge in [-0.2, -0.15) is 0 Å². The molecule has 0 aliphatic heterocycles. The quantitative estimate of drug-likeness (QED) is 0.466. The Morgan fingerprint density at radius 3 is 2.18 bits per heavy atom. The van der Waals surface area contributed by atoms with Crippen LogP contribution in [0, 0.1) is 25.5 Å². The lowest BCUT2D eigenvalue weighted by Crippen LogP contribution is -2.04. The van der Waals surface area contributed by atoms with Gasteiger partial charge in [0.25, 0.3) is 0 Å². The van der Waals surface area contributed by atoms with Crippen LogP contribution < -0.4 is 5.32 Å². The minimum absolute atomic E-state index is 0.0290. The van der Waals surface area contributed by atoms with Crippen LogP contribution >= 0.6 is 0 Å². The van der Waals surface area contributed by atoms with E-state index in [0.29, 0.717) is 12.1 Å². The molecular weight excluding hydrogens is 360 g/mol. The van der Waals surface area contributed by atoms with Gasteiger partial charge in [0.1, 0.15) is 11.6 Å². The molecule has 0 bridgehead atoms. The van der Waals surface area contributed by atoms with E-state index in [1.807, 2.05) is 26.0 Å². The maximum atomic E-state index is 15.1. The summed E-state index contributed by atoms with van der Waals surface area (Å²) in [7, 11) is 0. The number of carboxylic acids is 1. The van der Waals surface area contributed by atoms with E-state index >= 15 is 4.39 Å². The van der Waals surface area contributed by atoms with Crippen LogP contribution in [0.5, 0.6) is 0 Å². The molecule has 0 saturated carbocycles. The van der Waals surface area contributed by atoms with Gasteiger partial charge < -0.3 is 10.4 Å². The third kappa shape index (κ3) is 4.66. The Bertz CT molecular complexity index is 925. The van der Waals surface area contributed by atoms with Crippen molar-refractivity contribution >= 4 is 17.7 Å². The fourth-order valence-corrected chi connectivity index (χ4v) is 2.87. The molecule has 0 aromatic heterocycles. The van der Waals surface area contributed by atoms with Crippen LogP contribution in [0.1, 0.15) is 37.5 Å². The Morgan fingerprint density at radius 2 is 1.64 bits per heavy atom. The molecule has 28 heavy (non-hydrogen) atoms. The Kier molecular flexibility index (Phi) is 6.73. The summed E-state index contributed by atoms with van der Waals surface area (Å²) in [5, 5.41) is 12.3. The van der Waals surface area contributed by atoms with Crippen molar-refractivity contribution in [3.63, 3.8) is 0 Å². The van der Waals surface area contributed by atoms with E-state index in [-0.39, 0.29) is 27.8 Å². The van der Waals surface area contributed by atoms with Crippen LogP contribution in [0.2, 0.25) is 0 Å². The molecule has 0 unspecified atom stereocenters. The van der Waals surface area contributed by atoms with Crippen LogP contribution in [-0.2, 0) is 4.79 Å². The van der Waals surface area contributed by atoms with Gasteiger partial charge >= 0.3 is 5.97 Å². The van der Waals surface area contributed by atoms with Gasteiger partial charge in [0.05, 0.1) is 0 Å². The van der Waals surface area contributed by atoms with Crippen LogP contribution in [-0.4, -0.2) is 17.6 Å². The van der Waals surface area contributed by atoms with E-state index in [0.717, 1.165) is 5.69 Å². The third-order valence-electron chi connectivity index (χ3n) is 4.58. The molecular formula is C23H25F2NO2. The molecule has 0 aliphatic rings. The average molecular weight is 385 g/mol. The first-order valence-electron chi connectivity index (χ1n) is 9.00. The number of hydrogen-bond donors (Lipinski definition) is 2. The normalized spacial score (nSPS) is 11.3. The summed E-state index contributed by atoms with van der Waals surface area (Å²) >= 11 is 0. The zero-order chi connectivity index (χ0) is 21.0. The SMILES string of the molecule is CC(C)=CCNc1ccc(-c2c(C)c(F)c(C=C(C)C(=O)O)c(C)c2F)cc1. The van der Waals surface area contributed by atoms with Crippen molar-refractivity contribution in [2.45, 2.75) is 34.6 Å².